The van der Waals surface area contributed by atoms with E-state index in [1.807, 2.05) is 6.07 Å². The SMILES string of the molecule is N#Cc1cc([N+](=O)[O-])ccc1N1CC(O)CC1C(=O)O. The molecular formula is C12H11N3O5. The molecule has 0 aromatic heterocycles. The van der Waals surface area contributed by atoms with Crippen LogP contribution in [0.5, 0.6) is 0 Å². The first-order chi connectivity index (χ1) is 9.43. The number of β-amino-alcohol motifs (C(OH)–C–C–N with tert-alkyl or cyclic N) is 1. The second-order valence-corrected chi connectivity index (χ2v) is 4.47. The minimum atomic E-state index is -1.11. The van der Waals surface area contributed by atoms with E-state index in [4.69, 9.17) is 10.4 Å². The van der Waals surface area contributed by atoms with E-state index in [0.29, 0.717) is 0 Å². The predicted molar refractivity (Wildman–Crippen MR) is 67.2 cm³/mol. The molecule has 104 valence electrons. The number of carboxylic acids is 1. The lowest BCUT2D eigenvalue weighted by molar-refractivity contribution is -0.384. The highest BCUT2D eigenvalue weighted by Gasteiger charge is 2.37. The number of nitro benzene ring substituents is 1. The molecule has 2 atom stereocenters. The van der Waals surface area contributed by atoms with Gasteiger partial charge in [0, 0.05) is 25.1 Å². The topological polar surface area (TPSA) is 128 Å². The highest BCUT2D eigenvalue weighted by atomic mass is 16.6. The minimum absolute atomic E-state index is 0.0135. The Kier molecular flexibility index (Phi) is 3.54. The first kappa shape index (κ1) is 13.8. The third-order valence-electron chi connectivity index (χ3n) is 3.18. The molecule has 2 rings (SSSR count). The van der Waals surface area contributed by atoms with Crippen LogP contribution in [0.4, 0.5) is 11.4 Å². The quantitative estimate of drug-likeness (QED) is 0.607. The summed E-state index contributed by atoms with van der Waals surface area (Å²) in [6, 6.07) is 4.52. The van der Waals surface area contributed by atoms with E-state index in [1.54, 1.807) is 0 Å². The van der Waals surface area contributed by atoms with Crippen LogP contribution in [0.25, 0.3) is 0 Å². The number of carboxylic acid groups (broad SMARTS) is 1. The molecule has 2 unspecified atom stereocenters. The van der Waals surface area contributed by atoms with E-state index in [9.17, 15) is 20.0 Å². The third kappa shape index (κ3) is 2.39. The molecule has 8 nitrogen and oxygen atoms in total. The minimum Gasteiger partial charge on any atom is -0.480 e. The molecule has 1 saturated heterocycles. The number of aliphatic hydroxyl groups is 1. The number of benzene rings is 1. The number of hydrogen-bond donors (Lipinski definition) is 2. The van der Waals surface area contributed by atoms with Crippen molar-refractivity contribution in [3.8, 4) is 6.07 Å². The van der Waals surface area contributed by atoms with Gasteiger partial charge in [0.05, 0.1) is 22.3 Å². The standard InChI is InChI=1S/C12H11N3O5/c13-5-7-3-8(15(19)20)1-2-10(7)14-6-9(16)4-11(14)12(17)18/h1-3,9,11,16H,4,6H2,(H,17,18). The average Bonchev–Trinajstić information content (AvgIpc) is 2.80. The van der Waals surface area contributed by atoms with E-state index in [2.05, 4.69) is 0 Å². The smallest absolute Gasteiger partial charge is 0.326 e. The lowest BCUT2D eigenvalue weighted by Gasteiger charge is -2.24. The maximum absolute atomic E-state index is 11.2. The number of anilines is 1. The van der Waals surface area contributed by atoms with Gasteiger partial charge in [0.2, 0.25) is 0 Å². The zero-order valence-electron chi connectivity index (χ0n) is 10.3. The van der Waals surface area contributed by atoms with Gasteiger partial charge in [0.25, 0.3) is 5.69 Å². The highest BCUT2D eigenvalue weighted by Crippen LogP contribution is 2.31. The van der Waals surface area contributed by atoms with E-state index < -0.39 is 23.0 Å². The van der Waals surface area contributed by atoms with E-state index in [1.165, 1.54) is 17.0 Å². The molecule has 0 aliphatic carbocycles. The fraction of sp³-hybridized carbons (Fsp3) is 0.333. The predicted octanol–water partition coefficient (Wildman–Crippen LogP) is 0.491. The van der Waals surface area contributed by atoms with Crippen molar-refractivity contribution < 1.29 is 19.9 Å². The van der Waals surface area contributed by atoms with Crippen molar-refractivity contribution in [2.75, 3.05) is 11.4 Å². The molecule has 1 fully saturated rings. The maximum atomic E-state index is 11.2. The fourth-order valence-corrected chi connectivity index (χ4v) is 2.29. The summed E-state index contributed by atoms with van der Waals surface area (Å²) >= 11 is 0. The average molecular weight is 277 g/mol. The summed E-state index contributed by atoms with van der Waals surface area (Å²) in [5.74, 6) is -1.11. The van der Waals surface area contributed by atoms with Crippen molar-refractivity contribution in [1.29, 1.82) is 5.26 Å². The van der Waals surface area contributed by atoms with Crippen LogP contribution in [0, 0.1) is 21.4 Å². The van der Waals surface area contributed by atoms with Gasteiger partial charge in [-0.25, -0.2) is 4.79 Å². The molecule has 1 heterocycles. The molecule has 0 amide bonds. The molecule has 0 spiro atoms. The molecule has 0 saturated carbocycles. The van der Waals surface area contributed by atoms with Crippen molar-refractivity contribution in [3.05, 3.63) is 33.9 Å². The normalized spacial score (nSPS) is 21.5. The van der Waals surface area contributed by atoms with Crippen molar-refractivity contribution in [1.82, 2.24) is 0 Å². The number of nitriles is 1. The lowest BCUT2D eigenvalue weighted by Crippen LogP contribution is -2.36. The molecule has 1 aromatic carbocycles. The molecule has 1 aromatic rings. The second kappa shape index (κ2) is 5.14. The van der Waals surface area contributed by atoms with Gasteiger partial charge < -0.3 is 15.1 Å². The van der Waals surface area contributed by atoms with E-state index >= 15 is 0 Å². The van der Waals surface area contributed by atoms with Gasteiger partial charge in [-0.15, -0.1) is 0 Å². The van der Waals surface area contributed by atoms with E-state index in [0.717, 1.165) is 6.07 Å². The number of aliphatic carboxylic acids is 1. The Morgan fingerprint density at radius 1 is 1.55 bits per heavy atom. The van der Waals surface area contributed by atoms with Crippen LogP contribution in [0.3, 0.4) is 0 Å². The Morgan fingerprint density at radius 2 is 2.25 bits per heavy atom. The zero-order valence-corrected chi connectivity index (χ0v) is 10.3. The van der Waals surface area contributed by atoms with Crippen LogP contribution in [0.1, 0.15) is 12.0 Å². The number of nitro groups is 1. The third-order valence-corrected chi connectivity index (χ3v) is 3.18. The van der Waals surface area contributed by atoms with Gasteiger partial charge in [-0.1, -0.05) is 0 Å². The Hall–Kier alpha value is -2.66. The number of hydrogen-bond acceptors (Lipinski definition) is 6. The first-order valence-corrected chi connectivity index (χ1v) is 5.80. The Bertz CT molecular complexity index is 610. The summed E-state index contributed by atoms with van der Waals surface area (Å²) in [4.78, 5) is 22.6. The first-order valence-electron chi connectivity index (χ1n) is 5.80. The summed E-state index contributed by atoms with van der Waals surface area (Å²) in [5, 5.41) is 38.5. The molecule has 2 N–H and O–H groups in total. The van der Waals surface area contributed by atoms with Crippen LogP contribution < -0.4 is 4.90 Å². The number of nitrogens with zero attached hydrogens (tertiary/aromatic N) is 3. The molecule has 0 radical (unpaired) electrons. The number of non-ortho nitro benzene ring substituents is 1. The molecule has 8 heteroatoms. The van der Waals surface area contributed by atoms with Gasteiger partial charge >= 0.3 is 5.97 Å². The van der Waals surface area contributed by atoms with E-state index in [-0.39, 0.29) is 29.9 Å². The van der Waals surface area contributed by atoms with Gasteiger partial charge in [0.15, 0.2) is 0 Å². The lowest BCUT2D eigenvalue weighted by atomic mass is 10.1. The van der Waals surface area contributed by atoms with Crippen LogP contribution in [-0.4, -0.2) is 39.8 Å². The van der Waals surface area contributed by atoms with Crippen LogP contribution >= 0.6 is 0 Å². The van der Waals surface area contributed by atoms with Crippen molar-refractivity contribution >= 4 is 17.3 Å². The Balaban J connectivity index is 2.44. The van der Waals surface area contributed by atoms with Crippen molar-refractivity contribution in [2.45, 2.75) is 18.6 Å². The highest BCUT2D eigenvalue weighted by molar-refractivity contribution is 5.80. The maximum Gasteiger partial charge on any atom is 0.326 e. The molecule has 1 aliphatic rings. The summed E-state index contributed by atoms with van der Waals surface area (Å²) in [7, 11) is 0. The zero-order chi connectivity index (χ0) is 14.9. The number of carbonyl (C=O) groups is 1. The van der Waals surface area contributed by atoms with Crippen molar-refractivity contribution in [3.63, 3.8) is 0 Å². The van der Waals surface area contributed by atoms with Crippen LogP contribution in [0.15, 0.2) is 18.2 Å². The van der Waals surface area contributed by atoms with Crippen LogP contribution in [-0.2, 0) is 4.79 Å². The van der Waals surface area contributed by atoms with Gasteiger partial charge in [-0.3, -0.25) is 10.1 Å². The Labute approximate surface area is 113 Å². The van der Waals surface area contributed by atoms with Gasteiger partial charge in [-0.2, -0.15) is 5.26 Å². The number of aliphatic hydroxyl groups excluding tert-OH is 1. The van der Waals surface area contributed by atoms with Crippen molar-refractivity contribution in [2.24, 2.45) is 0 Å². The summed E-state index contributed by atoms with van der Waals surface area (Å²) in [5.41, 5.74) is 0.0542. The molecule has 1 aliphatic heterocycles. The summed E-state index contributed by atoms with van der Waals surface area (Å²) in [6.45, 7) is 0.0729. The molecule has 0 bridgehead atoms. The summed E-state index contributed by atoms with van der Waals surface area (Å²) < 4.78 is 0. The largest absolute Gasteiger partial charge is 0.480 e. The van der Waals surface area contributed by atoms with Gasteiger partial charge in [0.1, 0.15) is 12.1 Å². The van der Waals surface area contributed by atoms with Gasteiger partial charge in [-0.05, 0) is 6.07 Å². The second-order valence-electron chi connectivity index (χ2n) is 4.47. The fourth-order valence-electron chi connectivity index (χ4n) is 2.29. The summed E-state index contributed by atoms with van der Waals surface area (Å²) in [6.07, 6.45) is -0.755. The Morgan fingerprint density at radius 3 is 2.80 bits per heavy atom. The molecular weight excluding hydrogens is 266 g/mol. The molecule has 20 heavy (non-hydrogen) atoms. The van der Waals surface area contributed by atoms with Crippen LogP contribution in [0.2, 0.25) is 0 Å². The monoisotopic (exact) mass is 277 g/mol. The number of rotatable bonds is 3.